The molecule has 5 nitrogen and oxygen atoms in total. The molecule has 0 radical (unpaired) electrons. The zero-order valence-electron chi connectivity index (χ0n) is 12.3. The van der Waals surface area contributed by atoms with Crippen molar-refractivity contribution in [1.29, 1.82) is 0 Å². The highest BCUT2D eigenvalue weighted by Gasteiger charge is 2.20. The number of amides is 1. The Morgan fingerprint density at radius 2 is 1.88 bits per heavy atom. The van der Waals surface area contributed by atoms with E-state index in [9.17, 15) is 9.18 Å². The van der Waals surface area contributed by atoms with Crippen molar-refractivity contribution < 1.29 is 9.18 Å². The van der Waals surface area contributed by atoms with Gasteiger partial charge in [0.1, 0.15) is 5.82 Å². The molecule has 2 aromatic carbocycles. The van der Waals surface area contributed by atoms with Crippen LogP contribution in [0.5, 0.6) is 0 Å². The summed E-state index contributed by atoms with van der Waals surface area (Å²) in [5.41, 5.74) is 6.07. The Morgan fingerprint density at radius 1 is 1.17 bits per heavy atom. The third-order valence-corrected chi connectivity index (χ3v) is 4.47. The molecule has 3 aromatic rings. The molecule has 24 heavy (non-hydrogen) atoms. The van der Waals surface area contributed by atoms with Gasteiger partial charge in [0.05, 0.1) is 16.5 Å². The van der Waals surface area contributed by atoms with E-state index in [0.717, 1.165) is 11.8 Å². The highest BCUT2D eigenvalue weighted by Crippen LogP contribution is 2.32. The van der Waals surface area contributed by atoms with Gasteiger partial charge < -0.3 is 5.73 Å². The second-order valence-corrected chi connectivity index (χ2v) is 6.18. The molecule has 3 rings (SSSR count). The van der Waals surface area contributed by atoms with Crippen LogP contribution in [0.25, 0.3) is 17.1 Å². The fraction of sp³-hybridized carbons (Fsp3) is 0.0625. The number of thioether (sulfide) groups is 1. The van der Waals surface area contributed by atoms with Crippen LogP contribution in [0.4, 0.5) is 4.39 Å². The molecular weight excluding hydrogens is 351 g/mol. The molecule has 0 saturated heterocycles. The molecule has 2 N–H and O–H groups in total. The summed E-state index contributed by atoms with van der Waals surface area (Å²) < 4.78 is 15.8. The number of hydrogen-bond acceptors (Lipinski definition) is 4. The van der Waals surface area contributed by atoms with Gasteiger partial charge in [0.15, 0.2) is 11.0 Å². The van der Waals surface area contributed by atoms with Gasteiger partial charge in [0.25, 0.3) is 0 Å². The van der Waals surface area contributed by atoms with E-state index in [1.807, 2.05) is 0 Å². The van der Waals surface area contributed by atoms with Crippen LogP contribution in [0.3, 0.4) is 0 Å². The van der Waals surface area contributed by atoms with Crippen LogP contribution < -0.4 is 5.73 Å². The van der Waals surface area contributed by atoms with Gasteiger partial charge in [-0.2, -0.15) is 0 Å². The molecule has 0 spiro atoms. The average Bonchev–Trinajstić information content (AvgIpc) is 2.97. The van der Waals surface area contributed by atoms with Crippen LogP contribution >= 0.6 is 23.4 Å². The Labute approximate surface area is 146 Å². The van der Waals surface area contributed by atoms with Crippen LogP contribution in [0.15, 0.2) is 53.7 Å². The minimum Gasteiger partial charge on any atom is -0.369 e. The van der Waals surface area contributed by atoms with E-state index in [4.69, 9.17) is 17.3 Å². The third-order valence-electron chi connectivity index (χ3n) is 3.19. The first kappa shape index (κ1) is 16.5. The van der Waals surface area contributed by atoms with Crippen LogP contribution in [0.2, 0.25) is 5.02 Å². The van der Waals surface area contributed by atoms with Gasteiger partial charge in [0.2, 0.25) is 5.91 Å². The van der Waals surface area contributed by atoms with E-state index < -0.39 is 11.7 Å². The van der Waals surface area contributed by atoms with Crippen molar-refractivity contribution in [1.82, 2.24) is 14.8 Å². The largest absolute Gasteiger partial charge is 0.369 e. The number of nitrogens with zero attached hydrogens (tertiary/aromatic N) is 3. The summed E-state index contributed by atoms with van der Waals surface area (Å²) in [5, 5.41) is 9.02. The lowest BCUT2D eigenvalue weighted by atomic mass is 10.2. The van der Waals surface area contributed by atoms with Gasteiger partial charge >= 0.3 is 0 Å². The van der Waals surface area contributed by atoms with Crippen molar-refractivity contribution in [2.45, 2.75) is 5.16 Å². The maximum absolute atomic E-state index is 14.3. The van der Waals surface area contributed by atoms with Crippen LogP contribution in [-0.4, -0.2) is 26.4 Å². The van der Waals surface area contributed by atoms with Gasteiger partial charge in [-0.15, -0.1) is 10.2 Å². The number of primary amides is 1. The number of benzene rings is 2. The number of carbonyl (C=O) groups is 1. The Balaban J connectivity index is 2.19. The molecule has 1 aromatic heterocycles. The summed E-state index contributed by atoms with van der Waals surface area (Å²) in [7, 11) is 0. The molecule has 0 bridgehead atoms. The highest BCUT2D eigenvalue weighted by molar-refractivity contribution is 7.99. The topological polar surface area (TPSA) is 73.8 Å². The second kappa shape index (κ2) is 7.02. The Bertz CT molecular complexity index is 899. The molecule has 1 heterocycles. The maximum atomic E-state index is 14.3. The lowest BCUT2D eigenvalue weighted by Crippen LogP contribution is -2.14. The van der Waals surface area contributed by atoms with Crippen molar-refractivity contribution in [2.75, 3.05) is 5.75 Å². The summed E-state index contributed by atoms with van der Waals surface area (Å²) in [6, 6.07) is 13.3. The number of rotatable bonds is 5. The van der Waals surface area contributed by atoms with Crippen LogP contribution in [0, 0.1) is 5.82 Å². The number of halogens is 2. The quantitative estimate of drug-likeness (QED) is 0.707. The minimum absolute atomic E-state index is 0.00904. The van der Waals surface area contributed by atoms with Crippen LogP contribution in [-0.2, 0) is 4.79 Å². The third kappa shape index (κ3) is 3.27. The average molecular weight is 363 g/mol. The first-order chi connectivity index (χ1) is 11.6. The molecule has 8 heteroatoms. The summed E-state index contributed by atoms with van der Waals surface area (Å²) in [6.45, 7) is 0. The molecule has 0 saturated carbocycles. The molecule has 0 fully saturated rings. The van der Waals surface area contributed by atoms with Crippen molar-refractivity contribution >= 4 is 29.3 Å². The standard InChI is InChI=1S/C16H12ClFN4OS/c17-11-6-2-1-5-10(11)15-20-21-16(24-9-14(19)23)22(15)13-8-4-3-7-12(13)18/h1-8H,9H2,(H2,19,23). The Morgan fingerprint density at radius 3 is 2.58 bits per heavy atom. The van der Waals surface area contributed by atoms with Gasteiger partial charge in [-0.25, -0.2) is 4.39 Å². The van der Waals surface area contributed by atoms with Crippen molar-refractivity contribution in [3.05, 3.63) is 59.4 Å². The van der Waals surface area contributed by atoms with E-state index in [1.165, 1.54) is 10.6 Å². The van der Waals surface area contributed by atoms with Gasteiger partial charge in [0, 0.05) is 5.56 Å². The van der Waals surface area contributed by atoms with Gasteiger partial charge in [-0.1, -0.05) is 47.6 Å². The summed E-state index contributed by atoms with van der Waals surface area (Å²) >= 11 is 7.32. The highest BCUT2D eigenvalue weighted by atomic mass is 35.5. The summed E-state index contributed by atoms with van der Waals surface area (Å²) in [5.74, 6) is -0.540. The maximum Gasteiger partial charge on any atom is 0.227 e. The van der Waals surface area contributed by atoms with E-state index in [2.05, 4.69) is 10.2 Å². The molecular formula is C16H12ClFN4OS. The SMILES string of the molecule is NC(=O)CSc1nnc(-c2ccccc2Cl)n1-c1ccccc1F. The normalized spacial score (nSPS) is 10.8. The molecule has 0 aliphatic rings. The summed E-state index contributed by atoms with van der Waals surface area (Å²) in [4.78, 5) is 11.1. The van der Waals surface area contributed by atoms with Crippen molar-refractivity contribution in [2.24, 2.45) is 5.73 Å². The van der Waals surface area contributed by atoms with Crippen LogP contribution in [0.1, 0.15) is 0 Å². The number of aromatic nitrogens is 3. The second-order valence-electron chi connectivity index (χ2n) is 4.83. The lowest BCUT2D eigenvalue weighted by Gasteiger charge is -2.11. The summed E-state index contributed by atoms with van der Waals surface area (Å²) in [6.07, 6.45) is 0. The monoisotopic (exact) mass is 362 g/mol. The van der Waals surface area contributed by atoms with Gasteiger partial charge in [-0.05, 0) is 24.3 Å². The zero-order valence-corrected chi connectivity index (χ0v) is 13.9. The molecule has 1 amide bonds. The van der Waals surface area contributed by atoms with Gasteiger partial charge in [-0.3, -0.25) is 9.36 Å². The number of carbonyl (C=O) groups excluding carboxylic acids is 1. The Hall–Kier alpha value is -2.38. The lowest BCUT2D eigenvalue weighted by molar-refractivity contribution is -0.115. The molecule has 0 aliphatic heterocycles. The Kier molecular flexibility index (Phi) is 4.82. The molecule has 0 atom stereocenters. The molecule has 122 valence electrons. The number of hydrogen-bond donors (Lipinski definition) is 1. The fourth-order valence-corrected chi connectivity index (χ4v) is 3.07. The zero-order chi connectivity index (χ0) is 17.1. The number of para-hydroxylation sites is 1. The minimum atomic E-state index is -0.498. The molecule has 0 aliphatic carbocycles. The predicted molar refractivity (Wildman–Crippen MR) is 91.7 cm³/mol. The van der Waals surface area contributed by atoms with Crippen molar-refractivity contribution in [3.8, 4) is 17.1 Å². The van der Waals surface area contributed by atoms with E-state index in [-0.39, 0.29) is 11.4 Å². The first-order valence-corrected chi connectivity index (χ1v) is 8.30. The van der Waals surface area contributed by atoms with E-state index in [1.54, 1.807) is 42.5 Å². The number of nitrogens with two attached hydrogens (primary N) is 1. The first-order valence-electron chi connectivity index (χ1n) is 6.94. The smallest absolute Gasteiger partial charge is 0.227 e. The van der Waals surface area contributed by atoms with E-state index >= 15 is 0 Å². The van der Waals surface area contributed by atoms with Crippen molar-refractivity contribution in [3.63, 3.8) is 0 Å². The van der Waals surface area contributed by atoms with E-state index in [0.29, 0.717) is 21.6 Å². The fourth-order valence-electron chi connectivity index (χ4n) is 2.17. The molecule has 0 unspecified atom stereocenters. The predicted octanol–water partition coefficient (Wildman–Crippen LogP) is 3.30.